The summed E-state index contributed by atoms with van der Waals surface area (Å²) < 4.78 is 0. The Morgan fingerprint density at radius 3 is 2.93 bits per heavy atom. The number of nitrogens with one attached hydrogen (secondary N) is 1. The number of aliphatic imine (C=N–C) groups is 1. The minimum Gasteiger partial charge on any atom is -0.341 e. The van der Waals surface area contributed by atoms with Crippen molar-refractivity contribution in [1.82, 2.24) is 9.97 Å². The zero-order valence-corrected chi connectivity index (χ0v) is 9.08. The third-order valence-corrected chi connectivity index (χ3v) is 2.09. The molecule has 1 heterocycles. The molecular weight excluding hydrogens is 174 g/mol. The molecule has 0 saturated carbocycles. The lowest BCUT2D eigenvalue weighted by Crippen LogP contribution is -1.85. The number of rotatable bonds is 6. The van der Waals surface area contributed by atoms with Crippen LogP contribution in [0.5, 0.6) is 0 Å². The number of H-pyrrole nitrogens is 1. The van der Waals surface area contributed by atoms with Gasteiger partial charge in [0.1, 0.15) is 5.82 Å². The minimum atomic E-state index is 0.929. The molecule has 78 valence electrons. The van der Waals surface area contributed by atoms with E-state index in [0.717, 1.165) is 18.1 Å². The van der Waals surface area contributed by atoms with Gasteiger partial charge in [-0.15, -0.1) is 0 Å². The normalized spacial score (nSPS) is 11.3. The fourth-order valence-electron chi connectivity index (χ4n) is 1.30. The monoisotopic (exact) mass is 193 g/mol. The van der Waals surface area contributed by atoms with E-state index < -0.39 is 0 Å². The van der Waals surface area contributed by atoms with Gasteiger partial charge in [0.25, 0.3) is 0 Å². The number of hydrogen-bond acceptors (Lipinski definition) is 2. The minimum absolute atomic E-state index is 0.929. The third-order valence-electron chi connectivity index (χ3n) is 2.09. The molecule has 0 aliphatic carbocycles. The van der Waals surface area contributed by atoms with Crippen LogP contribution < -0.4 is 0 Å². The van der Waals surface area contributed by atoms with Crippen LogP contribution in [-0.2, 0) is 0 Å². The summed E-state index contributed by atoms with van der Waals surface area (Å²) in [5.41, 5.74) is 0.998. The molecule has 0 aromatic carbocycles. The molecule has 14 heavy (non-hydrogen) atoms. The molecular formula is C11H19N3. The molecule has 0 unspecified atom stereocenters. The van der Waals surface area contributed by atoms with Crippen molar-refractivity contribution < 1.29 is 0 Å². The summed E-state index contributed by atoms with van der Waals surface area (Å²) in [6.45, 7) is 5.09. The Morgan fingerprint density at radius 1 is 1.43 bits per heavy atom. The average Bonchev–Trinajstić information content (AvgIpc) is 2.58. The molecule has 0 spiro atoms. The second-order valence-electron chi connectivity index (χ2n) is 3.52. The van der Waals surface area contributed by atoms with Gasteiger partial charge in [-0.25, -0.2) is 4.98 Å². The quantitative estimate of drug-likeness (QED) is 0.547. The highest BCUT2D eigenvalue weighted by Gasteiger charge is 1.90. The molecule has 0 fully saturated rings. The Kier molecular flexibility index (Phi) is 4.97. The first kappa shape index (κ1) is 11.0. The first-order valence-electron chi connectivity index (χ1n) is 5.34. The molecule has 1 rings (SSSR count). The number of aryl methyl sites for hydroxylation is 1. The molecule has 1 aromatic rings. The summed E-state index contributed by atoms with van der Waals surface area (Å²) in [4.78, 5) is 11.5. The lowest BCUT2D eigenvalue weighted by molar-refractivity contribution is 0.676. The van der Waals surface area contributed by atoms with Crippen LogP contribution >= 0.6 is 0 Å². The number of unbranched alkanes of at least 4 members (excludes halogenated alkanes) is 3. The number of aromatic amines is 1. The van der Waals surface area contributed by atoms with Gasteiger partial charge < -0.3 is 4.98 Å². The van der Waals surface area contributed by atoms with Gasteiger partial charge >= 0.3 is 0 Å². The SMILES string of the molecule is CCCCCCN=Cc1cnc(C)[nH]1. The van der Waals surface area contributed by atoms with Crippen molar-refractivity contribution in [3.8, 4) is 0 Å². The summed E-state index contributed by atoms with van der Waals surface area (Å²) >= 11 is 0. The van der Waals surface area contributed by atoms with E-state index >= 15 is 0 Å². The molecule has 3 nitrogen and oxygen atoms in total. The van der Waals surface area contributed by atoms with Gasteiger partial charge in [-0.3, -0.25) is 4.99 Å². The molecule has 0 bridgehead atoms. The lowest BCUT2D eigenvalue weighted by Gasteiger charge is -1.93. The predicted molar refractivity (Wildman–Crippen MR) is 59.9 cm³/mol. The van der Waals surface area contributed by atoms with E-state index in [-0.39, 0.29) is 0 Å². The maximum Gasteiger partial charge on any atom is 0.103 e. The van der Waals surface area contributed by atoms with E-state index in [1.807, 2.05) is 19.3 Å². The molecule has 0 saturated heterocycles. The zero-order valence-electron chi connectivity index (χ0n) is 9.08. The molecule has 0 atom stereocenters. The second kappa shape index (κ2) is 6.35. The van der Waals surface area contributed by atoms with Crippen molar-refractivity contribution in [3.05, 3.63) is 17.7 Å². The zero-order chi connectivity index (χ0) is 10.2. The summed E-state index contributed by atoms with van der Waals surface area (Å²) in [5, 5.41) is 0. The van der Waals surface area contributed by atoms with E-state index in [1.54, 1.807) is 0 Å². The van der Waals surface area contributed by atoms with E-state index in [4.69, 9.17) is 0 Å². The van der Waals surface area contributed by atoms with Crippen molar-refractivity contribution in [2.24, 2.45) is 4.99 Å². The second-order valence-corrected chi connectivity index (χ2v) is 3.52. The highest BCUT2D eigenvalue weighted by atomic mass is 14.9. The third kappa shape index (κ3) is 4.21. The molecule has 1 N–H and O–H groups in total. The topological polar surface area (TPSA) is 41.0 Å². The van der Waals surface area contributed by atoms with Gasteiger partial charge in [-0.1, -0.05) is 26.2 Å². The van der Waals surface area contributed by atoms with Crippen LogP contribution in [0.2, 0.25) is 0 Å². The lowest BCUT2D eigenvalue weighted by atomic mass is 10.2. The molecule has 0 aliphatic rings. The molecule has 0 radical (unpaired) electrons. The van der Waals surface area contributed by atoms with Crippen molar-refractivity contribution in [2.45, 2.75) is 39.5 Å². The van der Waals surface area contributed by atoms with Crippen LogP contribution in [0.25, 0.3) is 0 Å². The Hall–Kier alpha value is -1.12. The van der Waals surface area contributed by atoms with Crippen molar-refractivity contribution >= 4 is 6.21 Å². The van der Waals surface area contributed by atoms with Crippen molar-refractivity contribution in [1.29, 1.82) is 0 Å². The Labute approximate surface area is 85.7 Å². The Balaban J connectivity index is 2.15. The maximum absolute atomic E-state index is 4.33. The number of hydrogen-bond donors (Lipinski definition) is 1. The first-order valence-corrected chi connectivity index (χ1v) is 5.34. The van der Waals surface area contributed by atoms with Crippen LogP contribution in [0.1, 0.15) is 44.1 Å². The van der Waals surface area contributed by atoms with Crippen LogP contribution in [0, 0.1) is 6.92 Å². The van der Waals surface area contributed by atoms with E-state index in [9.17, 15) is 0 Å². The Morgan fingerprint density at radius 2 is 2.29 bits per heavy atom. The number of nitrogens with zero attached hydrogens (tertiary/aromatic N) is 2. The van der Waals surface area contributed by atoms with Crippen LogP contribution in [-0.4, -0.2) is 22.7 Å². The maximum atomic E-state index is 4.33. The Bertz CT molecular complexity index is 276. The number of imidazole rings is 1. The highest BCUT2D eigenvalue weighted by Crippen LogP contribution is 1.98. The number of aromatic nitrogens is 2. The highest BCUT2D eigenvalue weighted by molar-refractivity contribution is 5.76. The predicted octanol–water partition coefficient (Wildman–Crippen LogP) is 2.72. The fraction of sp³-hybridized carbons (Fsp3) is 0.636. The molecule has 0 amide bonds. The van der Waals surface area contributed by atoms with Crippen molar-refractivity contribution in [3.63, 3.8) is 0 Å². The fourth-order valence-corrected chi connectivity index (χ4v) is 1.30. The smallest absolute Gasteiger partial charge is 0.103 e. The summed E-state index contributed by atoms with van der Waals surface area (Å²) in [6, 6.07) is 0. The largest absolute Gasteiger partial charge is 0.341 e. The van der Waals surface area contributed by atoms with Gasteiger partial charge in [0.05, 0.1) is 11.9 Å². The van der Waals surface area contributed by atoms with Crippen LogP contribution in [0.15, 0.2) is 11.2 Å². The van der Waals surface area contributed by atoms with Gasteiger partial charge in [0, 0.05) is 12.8 Å². The summed E-state index contributed by atoms with van der Waals surface area (Å²) in [7, 11) is 0. The standard InChI is InChI=1S/C11H19N3/c1-3-4-5-6-7-12-8-11-9-13-10(2)14-11/h8-9H,3-7H2,1-2H3,(H,13,14). The molecule has 1 aromatic heterocycles. The van der Waals surface area contributed by atoms with Gasteiger partial charge in [-0.05, 0) is 13.3 Å². The van der Waals surface area contributed by atoms with E-state index in [1.165, 1.54) is 25.7 Å². The van der Waals surface area contributed by atoms with E-state index in [0.29, 0.717) is 0 Å². The van der Waals surface area contributed by atoms with Gasteiger partial charge in [0.15, 0.2) is 0 Å². The van der Waals surface area contributed by atoms with Gasteiger partial charge in [0.2, 0.25) is 0 Å². The first-order chi connectivity index (χ1) is 6.83. The van der Waals surface area contributed by atoms with Crippen molar-refractivity contribution in [2.75, 3.05) is 6.54 Å². The summed E-state index contributed by atoms with van der Waals surface area (Å²) in [5.74, 6) is 0.942. The average molecular weight is 193 g/mol. The molecule has 3 heteroatoms. The molecule has 0 aliphatic heterocycles. The van der Waals surface area contributed by atoms with Gasteiger partial charge in [-0.2, -0.15) is 0 Å². The summed E-state index contributed by atoms with van der Waals surface area (Å²) in [6.07, 6.45) is 8.76. The van der Waals surface area contributed by atoms with Crippen LogP contribution in [0.3, 0.4) is 0 Å². The van der Waals surface area contributed by atoms with Crippen LogP contribution in [0.4, 0.5) is 0 Å². The van der Waals surface area contributed by atoms with E-state index in [2.05, 4.69) is 21.9 Å².